The van der Waals surface area contributed by atoms with E-state index in [1.165, 1.54) is 32.1 Å². The van der Waals surface area contributed by atoms with Crippen LogP contribution in [0.3, 0.4) is 0 Å². The van der Waals surface area contributed by atoms with Crippen molar-refractivity contribution in [3.8, 4) is 0 Å². The van der Waals surface area contributed by atoms with Gasteiger partial charge in [0.05, 0.1) is 0 Å². The molecule has 1 amide bonds. The number of aryl methyl sites for hydroxylation is 2. The van der Waals surface area contributed by atoms with Crippen LogP contribution in [0, 0.1) is 13.8 Å². The zero-order valence-electron chi connectivity index (χ0n) is 14.3. The van der Waals surface area contributed by atoms with Crippen LogP contribution in [0.25, 0.3) is 0 Å². The number of aromatic nitrogens is 2. The van der Waals surface area contributed by atoms with Gasteiger partial charge in [-0.1, -0.05) is 37.5 Å². The molecular formula is C19H24N4O. The van der Waals surface area contributed by atoms with Crippen molar-refractivity contribution in [3.05, 3.63) is 47.2 Å². The van der Waals surface area contributed by atoms with E-state index in [0.717, 1.165) is 22.6 Å². The zero-order chi connectivity index (χ0) is 16.9. The van der Waals surface area contributed by atoms with Crippen molar-refractivity contribution in [2.45, 2.75) is 52.0 Å². The number of nitrogens with zero attached hydrogens (tertiary/aromatic N) is 2. The van der Waals surface area contributed by atoms with Crippen molar-refractivity contribution < 1.29 is 4.79 Å². The highest BCUT2D eigenvalue weighted by atomic mass is 16.1. The molecule has 1 aliphatic carbocycles. The minimum atomic E-state index is -0.232. The van der Waals surface area contributed by atoms with E-state index < -0.39 is 0 Å². The van der Waals surface area contributed by atoms with E-state index in [2.05, 4.69) is 20.8 Å². The zero-order valence-corrected chi connectivity index (χ0v) is 14.3. The molecule has 5 heteroatoms. The van der Waals surface area contributed by atoms with Crippen LogP contribution in [0.2, 0.25) is 0 Å². The fraction of sp³-hybridized carbons (Fsp3) is 0.421. The molecule has 1 fully saturated rings. The number of para-hydroxylation sites is 1. The highest BCUT2D eigenvalue weighted by Gasteiger charge is 2.15. The smallest absolute Gasteiger partial charge is 0.276 e. The maximum Gasteiger partial charge on any atom is 0.276 e. The molecule has 1 aromatic carbocycles. The monoisotopic (exact) mass is 324 g/mol. The molecule has 0 bridgehead atoms. The number of anilines is 2. The van der Waals surface area contributed by atoms with E-state index in [1.54, 1.807) is 6.07 Å². The lowest BCUT2D eigenvalue weighted by Crippen LogP contribution is -2.23. The molecule has 0 saturated heterocycles. The maximum absolute atomic E-state index is 12.4. The normalized spacial score (nSPS) is 15.1. The average molecular weight is 324 g/mol. The molecule has 126 valence electrons. The summed E-state index contributed by atoms with van der Waals surface area (Å²) in [5, 5.41) is 14.6. The molecule has 2 N–H and O–H groups in total. The second-order valence-corrected chi connectivity index (χ2v) is 6.50. The standard InChI is InChI=1S/C19H24N4O/c1-13-7-6-8-14(2)18(13)21-19(24)16-11-12-17(23-22-16)20-15-9-4-3-5-10-15/h6-8,11-12,15H,3-5,9-10H2,1-2H3,(H,20,23)(H,21,24). The van der Waals surface area contributed by atoms with Crippen molar-refractivity contribution in [1.29, 1.82) is 0 Å². The summed E-state index contributed by atoms with van der Waals surface area (Å²) in [7, 11) is 0. The number of benzene rings is 1. The predicted molar refractivity (Wildman–Crippen MR) is 96.4 cm³/mol. The molecule has 1 saturated carbocycles. The van der Waals surface area contributed by atoms with Gasteiger partial charge in [0.2, 0.25) is 0 Å². The van der Waals surface area contributed by atoms with Crippen molar-refractivity contribution in [2.75, 3.05) is 10.6 Å². The summed E-state index contributed by atoms with van der Waals surface area (Å²) >= 11 is 0. The van der Waals surface area contributed by atoms with Crippen molar-refractivity contribution >= 4 is 17.4 Å². The third kappa shape index (κ3) is 3.91. The quantitative estimate of drug-likeness (QED) is 0.889. The van der Waals surface area contributed by atoms with E-state index in [1.807, 2.05) is 38.1 Å². The van der Waals surface area contributed by atoms with E-state index in [-0.39, 0.29) is 5.91 Å². The summed E-state index contributed by atoms with van der Waals surface area (Å²) in [4.78, 5) is 12.4. The van der Waals surface area contributed by atoms with Crippen LogP contribution >= 0.6 is 0 Å². The second-order valence-electron chi connectivity index (χ2n) is 6.50. The van der Waals surface area contributed by atoms with Gasteiger partial charge in [-0.15, -0.1) is 10.2 Å². The molecule has 24 heavy (non-hydrogen) atoms. The Balaban J connectivity index is 1.65. The molecule has 0 atom stereocenters. The average Bonchev–Trinajstić information content (AvgIpc) is 2.60. The first kappa shape index (κ1) is 16.4. The lowest BCUT2D eigenvalue weighted by atomic mass is 9.95. The minimum absolute atomic E-state index is 0.232. The molecule has 5 nitrogen and oxygen atoms in total. The highest BCUT2D eigenvalue weighted by Crippen LogP contribution is 2.21. The van der Waals surface area contributed by atoms with Crippen LogP contribution < -0.4 is 10.6 Å². The molecule has 3 rings (SSSR count). The Morgan fingerprint density at radius 1 is 1.00 bits per heavy atom. The van der Waals surface area contributed by atoms with Gasteiger partial charge in [-0.2, -0.15) is 0 Å². The number of hydrogen-bond acceptors (Lipinski definition) is 4. The fourth-order valence-corrected chi connectivity index (χ4v) is 3.18. The predicted octanol–water partition coefficient (Wildman–Crippen LogP) is 4.09. The summed E-state index contributed by atoms with van der Waals surface area (Å²) in [6.45, 7) is 3.96. The van der Waals surface area contributed by atoms with Crippen LogP contribution in [0.5, 0.6) is 0 Å². The molecule has 1 aromatic heterocycles. The maximum atomic E-state index is 12.4. The largest absolute Gasteiger partial charge is 0.366 e. The SMILES string of the molecule is Cc1cccc(C)c1NC(=O)c1ccc(NC2CCCCC2)nn1. The van der Waals surface area contributed by atoms with Gasteiger partial charge >= 0.3 is 0 Å². The molecule has 0 aliphatic heterocycles. The summed E-state index contributed by atoms with van der Waals surface area (Å²) < 4.78 is 0. The van der Waals surface area contributed by atoms with Gasteiger partial charge in [-0.05, 0) is 49.9 Å². The molecular weight excluding hydrogens is 300 g/mol. The Morgan fingerprint density at radius 2 is 1.71 bits per heavy atom. The van der Waals surface area contributed by atoms with Crippen molar-refractivity contribution in [2.24, 2.45) is 0 Å². The van der Waals surface area contributed by atoms with Gasteiger partial charge < -0.3 is 10.6 Å². The first-order valence-electron chi connectivity index (χ1n) is 8.61. The molecule has 0 radical (unpaired) electrons. The lowest BCUT2D eigenvalue weighted by molar-refractivity contribution is 0.102. The Bertz CT molecular complexity index is 686. The Labute approximate surface area is 142 Å². The first-order valence-corrected chi connectivity index (χ1v) is 8.61. The van der Waals surface area contributed by atoms with Gasteiger partial charge in [0, 0.05) is 11.7 Å². The fourth-order valence-electron chi connectivity index (χ4n) is 3.18. The Morgan fingerprint density at radius 3 is 2.33 bits per heavy atom. The van der Waals surface area contributed by atoms with Gasteiger partial charge in [-0.25, -0.2) is 0 Å². The number of amides is 1. The van der Waals surface area contributed by atoms with Gasteiger partial charge in [-0.3, -0.25) is 4.79 Å². The second kappa shape index (κ2) is 7.43. The summed E-state index contributed by atoms with van der Waals surface area (Å²) in [5.41, 5.74) is 3.24. The van der Waals surface area contributed by atoms with Gasteiger partial charge in [0.15, 0.2) is 5.69 Å². The minimum Gasteiger partial charge on any atom is -0.366 e. The topological polar surface area (TPSA) is 66.9 Å². The van der Waals surface area contributed by atoms with Crippen LogP contribution in [-0.2, 0) is 0 Å². The molecule has 1 aliphatic rings. The van der Waals surface area contributed by atoms with Gasteiger partial charge in [0.25, 0.3) is 5.91 Å². The van der Waals surface area contributed by atoms with Crippen molar-refractivity contribution in [3.63, 3.8) is 0 Å². The molecule has 1 heterocycles. The lowest BCUT2D eigenvalue weighted by Gasteiger charge is -2.22. The van der Waals surface area contributed by atoms with Crippen LogP contribution in [0.15, 0.2) is 30.3 Å². The van der Waals surface area contributed by atoms with E-state index in [9.17, 15) is 4.79 Å². The molecule has 0 unspecified atom stereocenters. The summed E-state index contributed by atoms with van der Waals surface area (Å²) in [6, 6.07) is 9.97. The third-order valence-corrected chi connectivity index (χ3v) is 4.57. The third-order valence-electron chi connectivity index (χ3n) is 4.57. The Kier molecular flexibility index (Phi) is 5.08. The summed E-state index contributed by atoms with van der Waals surface area (Å²) in [5.74, 6) is 0.509. The Hall–Kier alpha value is -2.43. The van der Waals surface area contributed by atoms with E-state index >= 15 is 0 Å². The summed E-state index contributed by atoms with van der Waals surface area (Å²) in [6.07, 6.45) is 6.21. The van der Waals surface area contributed by atoms with E-state index in [0.29, 0.717) is 11.7 Å². The van der Waals surface area contributed by atoms with Crippen molar-refractivity contribution in [1.82, 2.24) is 10.2 Å². The number of nitrogens with one attached hydrogen (secondary N) is 2. The number of rotatable bonds is 4. The first-order chi connectivity index (χ1) is 11.6. The van der Waals surface area contributed by atoms with Crippen LogP contribution in [-0.4, -0.2) is 22.1 Å². The number of hydrogen-bond donors (Lipinski definition) is 2. The number of carbonyl (C=O) groups excluding carboxylic acids is 1. The van der Waals surface area contributed by atoms with Crippen LogP contribution in [0.1, 0.15) is 53.7 Å². The van der Waals surface area contributed by atoms with E-state index in [4.69, 9.17) is 0 Å². The van der Waals surface area contributed by atoms with Crippen LogP contribution in [0.4, 0.5) is 11.5 Å². The number of carbonyl (C=O) groups is 1. The molecule has 0 spiro atoms. The molecule has 2 aromatic rings. The van der Waals surface area contributed by atoms with Gasteiger partial charge in [0.1, 0.15) is 5.82 Å². The highest BCUT2D eigenvalue weighted by molar-refractivity contribution is 6.03.